The number of rotatable bonds is 10. The van der Waals surface area contributed by atoms with Crippen molar-refractivity contribution in [3.63, 3.8) is 0 Å². The zero-order valence-electron chi connectivity index (χ0n) is 17.1. The number of hydrogen-bond donors (Lipinski definition) is 0. The maximum Gasteiger partial charge on any atom is 0.254 e. The van der Waals surface area contributed by atoms with Crippen LogP contribution in [0.1, 0.15) is 33.6 Å². The smallest absolute Gasteiger partial charge is 0.254 e. The molecule has 0 N–H and O–H groups in total. The lowest BCUT2D eigenvalue weighted by Crippen LogP contribution is -2.39. The van der Waals surface area contributed by atoms with E-state index in [2.05, 4.69) is 29.5 Å². The highest BCUT2D eigenvalue weighted by Crippen LogP contribution is 2.36. The second-order valence-corrected chi connectivity index (χ2v) is 8.24. The van der Waals surface area contributed by atoms with Crippen LogP contribution in [0.5, 0.6) is 11.5 Å². The van der Waals surface area contributed by atoms with Crippen LogP contribution < -0.4 is 9.47 Å². The number of amides is 1. The Bertz CT molecular complexity index is 776. The molecule has 0 atom stereocenters. The molecular formula is C22H30N2O3S. The first kappa shape index (κ1) is 20.7. The molecule has 0 radical (unpaired) electrons. The van der Waals surface area contributed by atoms with Gasteiger partial charge >= 0.3 is 0 Å². The van der Waals surface area contributed by atoms with Crippen LogP contribution in [0.15, 0.2) is 29.6 Å². The van der Waals surface area contributed by atoms with Gasteiger partial charge in [0.05, 0.1) is 14.2 Å². The summed E-state index contributed by atoms with van der Waals surface area (Å²) in [5.41, 5.74) is 1.71. The average Bonchev–Trinajstić information content (AvgIpc) is 3.22. The van der Waals surface area contributed by atoms with Crippen LogP contribution in [0, 0.1) is 0 Å². The molecule has 2 aromatic rings. The second kappa shape index (κ2) is 9.94. The lowest BCUT2D eigenvalue weighted by atomic mass is 9.97. The minimum atomic E-state index is 0.0996. The molecule has 0 fully saturated rings. The fourth-order valence-corrected chi connectivity index (χ4v) is 4.54. The molecule has 1 aromatic heterocycles. The van der Waals surface area contributed by atoms with Gasteiger partial charge in [0.1, 0.15) is 0 Å². The van der Waals surface area contributed by atoms with E-state index in [0.29, 0.717) is 11.5 Å². The topological polar surface area (TPSA) is 42.0 Å². The van der Waals surface area contributed by atoms with Gasteiger partial charge < -0.3 is 19.3 Å². The van der Waals surface area contributed by atoms with E-state index in [1.165, 1.54) is 11.3 Å². The molecule has 28 heavy (non-hydrogen) atoms. The molecule has 1 amide bonds. The molecular weight excluding hydrogens is 372 g/mol. The van der Waals surface area contributed by atoms with Crippen molar-refractivity contribution in [1.29, 1.82) is 0 Å². The number of carbonyl (C=O) groups excluding carboxylic acids is 1. The van der Waals surface area contributed by atoms with E-state index < -0.39 is 0 Å². The zero-order chi connectivity index (χ0) is 19.9. The number of fused-ring (bicyclic) bond motifs is 1. The quantitative estimate of drug-likeness (QED) is 0.607. The molecule has 0 unspecified atom stereocenters. The largest absolute Gasteiger partial charge is 0.493 e. The predicted molar refractivity (Wildman–Crippen MR) is 114 cm³/mol. The Morgan fingerprint density at radius 2 is 1.96 bits per heavy atom. The molecule has 0 spiro atoms. The summed E-state index contributed by atoms with van der Waals surface area (Å²) in [7, 11) is 5.42. The summed E-state index contributed by atoms with van der Waals surface area (Å²) >= 11 is 1.83. The molecule has 1 aliphatic rings. The van der Waals surface area contributed by atoms with Crippen molar-refractivity contribution in [2.45, 2.75) is 25.7 Å². The van der Waals surface area contributed by atoms with Gasteiger partial charge in [0.15, 0.2) is 11.5 Å². The Morgan fingerprint density at radius 3 is 2.68 bits per heavy atom. The van der Waals surface area contributed by atoms with Gasteiger partial charge in [-0.05, 0) is 69.4 Å². The van der Waals surface area contributed by atoms with Crippen LogP contribution in [-0.2, 0) is 12.8 Å². The third kappa shape index (κ3) is 4.86. The van der Waals surface area contributed by atoms with Gasteiger partial charge in [-0.3, -0.25) is 4.79 Å². The molecule has 5 nitrogen and oxygen atoms in total. The van der Waals surface area contributed by atoms with Crippen molar-refractivity contribution in [1.82, 2.24) is 9.80 Å². The lowest BCUT2D eigenvalue weighted by Gasteiger charge is -2.30. The van der Waals surface area contributed by atoms with Gasteiger partial charge in [0, 0.05) is 29.1 Å². The summed E-state index contributed by atoms with van der Waals surface area (Å²) in [4.78, 5) is 18.7. The van der Waals surface area contributed by atoms with E-state index in [1.54, 1.807) is 14.2 Å². The third-order valence-corrected chi connectivity index (χ3v) is 6.24. The van der Waals surface area contributed by atoms with Gasteiger partial charge in [-0.2, -0.15) is 0 Å². The second-order valence-electron chi connectivity index (χ2n) is 7.21. The maximum absolute atomic E-state index is 12.9. The van der Waals surface area contributed by atoms with E-state index in [1.807, 2.05) is 28.4 Å². The lowest BCUT2D eigenvalue weighted by molar-refractivity contribution is 0.0731. The van der Waals surface area contributed by atoms with Crippen molar-refractivity contribution in [2.75, 3.05) is 47.4 Å². The molecule has 1 aliphatic heterocycles. The highest BCUT2D eigenvalue weighted by Gasteiger charge is 2.28. The Hall–Kier alpha value is -2.05. The highest BCUT2D eigenvalue weighted by molar-refractivity contribution is 7.09. The molecule has 1 aromatic carbocycles. The van der Waals surface area contributed by atoms with Crippen LogP contribution in [0.2, 0.25) is 0 Å². The summed E-state index contributed by atoms with van der Waals surface area (Å²) < 4.78 is 10.9. The molecule has 0 saturated heterocycles. The summed E-state index contributed by atoms with van der Waals surface area (Å²) in [5.74, 6) is 1.48. The fourth-order valence-electron chi connectivity index (χ4n) is 3.79. The van der Waals surface area contributed by atoms with Gasteiger partial charge in [-0.25, -0.2) is 0 Å². The van der Waals surface area contributed by atoms with Crippen LogP contribution in [0.4, 0.5) is 0 Å². The molecule has 2 heterocycles. The number of nitrogens with zero attached hydrogens (tertiary/aromatic N) is 2. The van der Waals surface area contributed by atoms with E-state index in [-0.39, 0.29) is 5.91 Å². The molecule has 3 rings (SSSR count). The number of methoxy groups -OCH3 is 2. The van der Waals surface area contributed by atoms with E-state index >= 15 is 0 Å². The standard InChI is InChI=1S/C22H30N2O3S/c1-23(12-4-7-17-8-5-16-28-17)13-6-14-24-15-11-18-19(22(24)25)9-10-20(26-2)21(18)27-3/h5,8-10,16H,4,6-7,11-15H2,1-3H3. The van der Waals surface area contributed by atoms with Gasteiger partial charge in [0.2, 0.25) is 0 Å². The fraction of sp³-hybridized carbons (Fsp3) is 0.500. The minimum absolute atomic E-state index is 0.0996. The molecule has 6 heteroatoms. The molecule has 0 saturated carbocycles. The van der Waals surface area contributed by atoms with Crippen LogP contribution in [-0.4, -0.2) is 63.2 Å². The average molecular weight is 403 g/mol. The maximum atomic E-state index is 12.9. The number of aryl methyl sites for hydroxylation is 1. The van der Waals surface area contributed by atoms with E-state index in [0.717, 1.165) is 56.6 Å². The minimum Gasteiger partial charge on any atom is -0.493 e. The third-order valence-electron chi connectivity index (χ3n) is 5.31. The number of ether oxygens (including phenoxy) is 2. The van der Waals surface area contributed by atoms with Gasteiger partial charge in [-0.1, -0.05) is 6.07 Å². The molecule has 0 aliphatic carbocycles. The first-order valence-electron chi connectivity index (χ1n) is 9.88. The molecule has 0 bridgehead atoms. The van der Waals surface area contributed by atoms with Gasteiger partial charge in [0.25, 0.3) is 5.91 Å². The van der Waals surface area contributed by atoms with Crippen molar-refractivity contribution in [2.24, 2.45) is 0 Å². The van der Waals surface area contributed by atoms with Crippen LogP contribution in [0.3, 0.4) is 0 Å². The van der Waals surface area contributed by atoms with E-state index in [9.17, 15) is 4.79 Å². The Morgan fingerprint density at radius 1 is 1.14 bits per heavy atom. The van der Waals surface area contributed by atoms with Crippen molar-refractivity contribution in [3.05, 3.63) is 45.6 Å². The van der Waals surface area contributed by atoms with Crippen molar-refractivity contribution < 1.29 is 14.3 Å². The summed E-state index contributed by atoms with van der Waals surface area (Å²) in [5, 5.41) is 2.14. The SMILES string of the molecule is COc1ccc2c(c1OC)CCN(CCCN(C)CCCc1cccs1)C2=O. The Labute approximate surface area is 171 Å². The predicted octanol–water partition coefficient (Wildman–Crippen LogP) is 3.72. The van der Waals surface area contributed by atoms with Crippen molar-refractivity contribution in [3.8, 4) is 11.5 Å². The number of thiophene rings is 1. The van der Waals surface area contributed by atoms with Crippen LogP contribution in [0.25, 0.3) is 0 Å². The van der Waals surface area contributed by atoms with Gasteiger partial charge in [-0.15, -0.1) is 11.3 Å². The summed E-state index contributed by atoms with van der Waals surface area (Å²) in [6.07, 6.45) is 4.12. The molecule has 152 valence electrons. The van der Waals surface area contributed by atoms with Crippen molar-refractivity contribution >= 4 is 17.2 Å². The van der Waals surface area contributed by atoms with Crippen LogP contribution >= 0.6 is 11.3 Å². The Kier molecular flexibility index (Phi) is 7.34. The highest BCUT2D eigenvalue weighted by atomic mass is 32.1. The summed E-state index contributed by atoms with van der Waals surface area (Å²) in [6, 6.07) is 8.00. The van der Waals surface area contributed by atoms with E-state index in [4.69, 9.17) is 9.47 Å². The first-order chi connectivity index (χ1) is 13.6. The Balaban J connectivity index is 1.46. The zero-order valence-corrected chi connectivity index (χ0v) is 17.9. The number of benzene rings is 1. The monoisotopic (exact) mass is 402 g/mol. The normalized spacial score (nSPS) is 13.7. The number of carbonyl (C=O) groups is 1. The first-order valence-corrected chi connectivity index (χ1v) is 10.8. The summed E-state index contributed by atoms with van der Waals surface area (Å²) in [6.45, 7) is 3.62. The number of hydrogen-bond acceptors (Lipinski definition) is 5.